The Kier molecular flexibility index (Phi) is 4.85. The summed E-state index contributed by atoms with van der Waals surface area (Å²) in [6, 6.07) is 8.82. The Morgan fingerprint density at radius 3 is 2.71 bits per heavy atom. The molecule has 0 aromatic heterocycles. The Labute approximate surface area is 127 Å². The molecule has 2 rings (SSSR count). The van der Waals surface area contributed by atoms with Crippen molar-refractivity contribution in [2.75, 3.05) is 5.75 Å². The number of rotatable bonds is 4. The van der Waals surface area contributed by atoms with Crippen molar-refractivity contribution in [1.82, 2.24) is 10.9 Å². The summed E-state index contributed by atoms with van der Waals surface area (Å²) in [7, 11) is 0. The van der Waals surface area contributed by atoms with E-state index in [9.17, 15) is 9.59 Å². The molecule has 6 nitrogen and oxygen atoms in total. The first-order valence-electron chi connectivity index (χ1n) is 6.60. The summed E-state index contributed by atoms with van der Waals surface area (Å²) in [5, 5.41) is 9.50. The second-order valence-electron chi connectivity index (χ2n) is 4.80. The molecule has 0 bridgehead atoms. The van der Waals surface area contributed by atoms with Crippen molar-refractivity contribution in [3.05, 3.63) is 35.9 Å². The van der Waals surface area contributed by atoms with E-state index in [4.69, 9.17) is 5.11 Å². The molecule has 112 valence electrons. The lowest BCUT2D eigenvalue weighted by molar-refractivity contribution is -0.138. The molecule has 1 aromatic rings. The Bertz CT molecular complexity index is 562. The molecule has 21 heavy (non-hydrogen) atoms. The zero-order chi connectivity index (χ0) is 15.3. The van der Waals surface area contributed by atoms with Crippen LogP contribution in [0.1, 0.15) is 30.1 Å². The van der Waals surface area contributed by atoms with Gasteiger partial charge in [0.05, 0.1) is 12.0 Å². The molecule has 1 aliphatic rings. The normalized spacial score (nSPS) is 20.7. The molecule has 1 amide bonds. The van der Waals surface area contributed by atoms with Crippen LogP contribution in [0, 0.1) is 0 Å². The third-order valence-corrected chi connectivity index (χ3v) is 4.42. The Balaban J connectivity index is 1.95. The quantitative estimate of drug-likeness (QED) is 0.736. The van der Waals surface area contributed by atoms with Gasteiger partial charge < -0.3 is 5.11 Å². The fraction of sp³-hybridized carbons (Fsp3) is 0.357. The molecular formula is C14H17N3O3S. The van der Waals surface area contributed by atoms with E-state index in [1.165, 1.54) is 11.8 Å². The minimum absolute atomic E-state index is 0.00564. The number of aliphatic carboxylic acids is 1. The number of nitrogens with zero attached hydrogens (tertiary/aromatic N) is 1. The van der Waals surface area contributed by atoms with Gasteiger partial charge in [0, 0.05) is 11.3 Å². The lowest BCUT2D eigenvalue weighted by Crippen LogP contribution is -2.40. The maximum absolute atomic E-state index is 11.9. The minimum Gasteiger partial charge on any atom is -0.481 e. The molecule has 3 N–H and O–H groups in total. The molecule has 1 unspecified atom stereocenters. The van der Waals surface area contributed by atoms with Crippen molar-refractivity contribution in [2.24, 2.45) is 4.99 Å². The molecular weight excluding hydrogens is 290 g/mol. The van der Waals surface area contributed by atoms with Gasteiger partial charge in [0.1, 0.15) is 0 Å². The first-order chi connectivity index (χ1) is 10.0. The highest BCUT2D eigenvalue weighted by Crippen LogP contribution is 2.32. The number of nitrogens with one attached hydrogen (secondary N) is 2. The van der Waals surface area contributed by atoms with E-state index in [-0.39, 0.29) is 12.3 Å². The highest BCUT2D eigenvalue weighted by atomic mass is 32.2. The third-order valence-electron chi connectivity index (χ3n) is 3.27. The van der Waals surface area contributed by atoms with E-state index in [0.717, 1.165) is 0 Å². The second kappa shape index (κ2) is 6.62. The summed E-state index contributed by atoms with van der Waals surface area (Å²) in [4.78, 5) is 27.2. The molecule has 0 fully saturated rings. The number of hydrogen-bond donors (Lipinski definition) is 3. The smallest absolute Gasteiger partial charge is 0.305 e. The van der Waals surface area contributed by atoms with E-state index in [0.29, 0.717) is 22.9 Å². The topological polar surface area (TPSA) is 90.8 Å². The van der Waals surface area contributed by atoms with Gasteiger partial charge in [-0.15, -0.1) is 0 Å². The SMILES string of the molecule is CCC1(CC(=O)O)CSC(NNC(=O)c2ccccc2)=N1. The Morgan fingerprint density at radius 1 is 1.38 bits per heavy atom. The van der Waals surface area contributed by atoms with Gasteiger partial charge in [0.25, 0.3) is 5.91 Å². The predicted molar refractivity (Wildman–Crippen MR) is 82.2 cm³/mol. The monoisotopic (exact) mass is 307 g/mol. The summed E-state index contributed by atoms with van der Waals surface area (Å²) in [5.74, 6) is -0.527. The Hall–Kier alpha value is -2.02. The number of carbonyl (C=O) groups excluding carboxylic acids is 1. The molecule has 0 saturated carbocycles. The van der Waals surface area contributed by atoms with Crippen LogP contribution in [0.25, 0.3) is 0 Å². The van der Waals surface area contributed by atoms with Crippen molar-refractivity contribution < 1.29 is 14.7 Å². The van der Waals surface area contributed by atoms with Crippen LogP contribution in [0.5, 0.6) is 0 Å². The van der Waals surface area contributed by atoms with E-state index < -0.39 is 11.5 Å². The van der Waals surface area contributed by atoms with Crippen molar-refractivity contribution in [3.63, 3.8) is 0 Å². The molecule has 1 atom stereocenters. The van der Waals surface area contributed by atoms with Gasteiger partial charge in [-0.3, -0.25) is 25.4 Å². The minimum atomic E-state index is -0.865. The number of benzene rings is 1. The number of hydrogen-bond acceptors (Lipinski definition) is 5. The lowest BCUT2D eigenvalue weighted by atomic mass is 9.95. The predicted octanol–water partition coefficient (Wildman–Crippen LogP) is 1.65. The van der Waals surface area contributed by atoms with E-state index in [1.807, 2.05) is 13.0 Å². The van der Waals surface area contributed by atoms with Crippen LogP contribution in [-0.2, 0) is 4.79 Å². The van der Waals surface area contributed by atoms with Gasteiger partial charge >= 0.3 is 5.97 Å². The maximum atomic E-state index is 11.9. The van der Waals surface area contributed by atoms with E-state index in [2.05, 4.69) is 15.8 Å². The third kappa shape index (κ3) is 3.98. The van der Waals surface area contributed by atoms with Crippen LogP contribution < -0.4 is 10.9 Å². The number of aliphatic imine (C=N–C) groups is 1. The van der Waals surface area contributed by atoms with Crippen LogP contribution in [-0.4, -0.2) is 33.4 Å². The first-order valence-corrected chi connectivity index (χ1v) is 7.59. The molecule has 0 saturated heterocycles. The number of amidine groups is 1. The molecule has 0 spiro atoms. The highest BCUT2D eigenvalue weighted by molar-refractivity contribution is 8.14. The molecule has 1 heterocycles. The highest BCUT2D eigenvalue weighted by Gasteiger charge is 2.36. The largest absolute Gasteiger partial charge is 0.481 e. The number of hydrazine groups is 1. The fourth-order valence-corrected chi connectivity index (χ4v) is 3.15. The number of carboxylic acid groups (broad SMARTS) is 1. The van der Waals surface area contributed by atoms with E-state index in [1.54, 1.807) is 24.3 Å². The van der Waals surface area contributed by atoms with Crippen LogP contribution in [0.3, 0.4) is 0 Å². The van der Waals surface area contributed by atoms with Crippen molar-refractivity contribution in [2.45, 2.75) is 25.3 Å². The van der Waals surface area contributed by atoms with E-state index >= 15 is 0 Å². The second-order valence-corrected chi connectivity index (χ2v) is 5.76. The van der Waals surface area contributed by atoms with Gasteiger partial charge in [-0.05, 0) is 18.6 Å². The molecule has 1 aromatic carbocycles. The average Bonchev–Trinajstić information content (AvgIpc) is 2.89. The van der Waals surface area contributed by atoms with Crippen molar-refractivity contribution in [1.29, 1.82) is 0 Å². The van der Waals surface area contributed by atoms with Gasteiger partial charge in [0.2, 0.25) is 0 Å². The van der Waals surface area contributed by atoms with Crippen LogP contribution in [0.4, 0.5) is 0 Å². The number of carboxylic acids is 1. The van der Waals surface area contributed by atoms with Gasteiger partial charge in [-0.1, -0.05) is 36.9 Å². The zero-order valence-electron chi connectivity index (χ0n) is 11.6. The molecule has 0 aliphatic carbocycles. The van der Waals surface area contributed by atoms with Crippen LogP contribution in [0.2, 0.25) is 0 Å². The number of carbonyl (C=O) groups is 2. The lowest BCUT2D eigenvalue weighted by Gasteiger charge is -2.20. The summed E-state index contributed by atoms with van der Waals surface area (Å²) in [5.41, 5.74) is 5.29. The van der Waals surface area contributed by atoms with Crippen LogP contribution >= 0.6 is 11.8 Å². The van der Waals surface area contributed by atoms with Gasteiger partial charge in [-0.2, -0.15) is 0 Å². The fourth-order valence-electron chi connectivity index (χ4n) is 2.00. The van der Waals surface area contributed by atoms with Gasteiger partial charge in [0.15, 0.2) is 5.17 Å². The summed E-state index contributed by atoms with van der Waals surface area (Å²) >= 11 is 1.41. The summed E-state index contributed by atoms with van der Waals surface area (Å²) in [6.45, 7) is 1.92. The summed E-state index contributed by atoms with van der Waals surface area (Å²) in [6.07, 6.45) is 0.637. The van der Waals surface area contributed by atoms with Crippen LogP contribution in [0.15, 0.2) is 35.3 Å². The summed E-state index contributed by atoms with van der Waals surface area (Å²) < 4.78 is 0. The number of amides is 1. The number of thioether (sulfide) groups is 1. The van der Waals surface area contributed by atoms with Gasteiger partial charge in [-0.25, -0.2) is 0 Å². The maximum Gasteiger partial charge on any atom is 0.305 e. The molecule has 0 radical (unpaired) electrons. The first kappa shape index (κ1) is 15.4. The standard InChI is InChI=1S/C14H17N3O3S/c1-2-14(8-11(18)19)9-21-13(15-14)17-16-12(20)10-6-4-3-5-7-10/h3-7H,2,8-9H2,1H3,(H,15,17)(H,16,20)(H,18,19). The molecule has 7 heteroatoms. The molecule has 1 aliphatic heterocycles. The zero-order valence-corrected chi connectivity index (χ0v) is 12.4. The average molecular weight is 307 g/mol. The Morgan fingerprint density at radius 2 is 2.10 bits per heavy atom. The van der Waals surface area contributed by atoms with Crippen molar-refractivity contribution in [3.8, 4) is 0 Å². The van der Waals surface area contributed by atoms with Crippen molar-refractivity contribution >= 4 is 28.8 Å².